The van der Waals surface area contributed by atoms with Gasteiger partial charge in [-0.3, -0.25) is 19.5 Å². The minimum atomic E-state index is -0.998. The van der Waals surface area contributed by atoms with Crippen molar-refractivity contribution in [2.75, 3.05) is 12.4 Å². The van der Waals surface area contributed by atoms with E-state index in [4.69, 9.17) is 10.8 Å². The normalized spacial score (nSPS) is 15.9. The summed E-state index contributed by atoms with van der Waals surface area (Å²) in [4.78, 5) is 34.4. The molecule has 4 N–H and O–H groups in total. The molecule has 2 heterocycles. The first-order valence-corrected chi connectivity index (χ1v) is 11.8. The second-order valence-electron chi connectivity index (χ2n) is 7.97. The SMILES string of the molecule is CC.CC.CC(C)O.CN1C(=O)C(C)(C)C(c2cc(NC(=O)c3ccccn3)ccc2F)N=C1N. The molecule has 0 spiro atoms. The van der Waals surface area contributed by atoms with Gasteiger partial charge < -0.3 is 16.2 Å². The molecule has 1 atom stereocenters. The Balaban J connectivity index is 0.00000129. The zero-order valence-corrected chi connectivity index (χ0v) is 22.3. The van der Waals surface area contributed by atoms with Gasteiger partial charge in [0.1, 0.15) is 11.5 Å². The summed E-state index contributed by atoms with van der Waals surface area (Å²) in [5.41, 5.74) is 5.61. The Kier molecular flexibility index (Phi) is 13.4. The molecule has 1 unspecified atom stereocenters. The number of rotatable bonds is 3. The van der Waals surface area contributed by atoms with E-state index in [0.29, 0.717) is 5.69 Å². The minimum Gasteiger partial charge on any atom is -0.394 e. The van der Waals surface area contributed by atoms with Gasteiger partial charge >= 0.3 is 0 Å². The number of carbonyl (C=O) groups is 2. The number of anilines is 1. The summed E-state index contributed by atoms with van der Waals surface area (Å²) in [6.45, 7) is 14.8. The van der Waals surface area contributed by atoms with E-state index >= 15 is 0 Å². The van der Waals surface area contributed by atoms with Crippen LogP contribution in [0.4, 0.5) is 10.1 Å². The van der Waals surface area contributed by atoms with E-state index in [1.807, 2.05) is 27.7 Å². The smallest absolute Gasteiger partial charge is 0.274 e. The van der Waals surface area contributed by atoms with Gasteiger partial charge in [-0.05, 0) is 58.0 Å². The summed E-state index contributed by atoms with van der Waals surface area (Å²) >= 11 is 0. The Labute approximate surface area is 208 Å². The van der Waals surface area contributed by atoms with Crippen LogP contribution in [-0.4, -0.2) is 45.9 Å². The fourth-order valence-corrected chi connectivity index (χ4v) is 3.02. The quantitative estimate of drug-likeness (QED) is 0.574. The first-order chi connectivity index (χ1) is 16.4. The molecule has 0 radical (unpaired) electrons. The van der Waals surface area contributed by atoms with Gasteiger partial charge in [-0.2, -0.15) is 0 Å². The molecule has 0 fully saturated rings. The zero-order chi connectivity index (χ0) is 27.3. The van der Waals surface area contributed by atoms with Crippen LogP contribution in [-0.2, 0) is 4.79 Å². The number of hydrogen-bond donors (Lipinski definition) is 3. The number of amides is 2. The lowest BCUT2D eigenvalue weighted by Crippen LogP contribution is -2.51. The van der Waals surface area contributed by atoms with Crippen molar-refractivity contribution in [1.82, 2.24) is 9.88 Å². The predicted octanol–water partition coefficient (Wildman–Crippen LogP) is 4.77. The zero-order valence-electron chi connectivity index (χ0n) is 22.3. The maximum Gasteiger partial charge on any atom is 0.274 e. The lowest BCUT2D eigenvalue weighted by molar-refractivity contribution is -0.137. The molecule has 3 rings (SSSR count). The van der Waals surface area contributed by atoms with Gasteiger partial charge in [-0.1, -0.05) is 33.8 Å². The molecule has 1 aromatic heterocycles. The number of carbonyl (C=O) groups excluding carboxylic acids is 2. The number of nitrogens with zero attached hydrogens (tertiary/aromatic N) is 3. The van der Waals surface area contributed by atoms with Gasteiger partial charge in [0.05, 0.1) is 11.5 Å². The van der Waals surface area contributed by atoms with Crippen LogP contribution in [0.15, 0.2) is 47.6 Å². The number of nitrogens with two attached hydrogens (primary N) is 1. The van der Waals surface area contributed by atoms with Crippen LogP contribution in [0.3, 0.4) is 0 Å². The highest BCUT2D eigenvalue weighted by Crippen LogP contribution is 2.42. The van der Waals surface area contributed by atoms with E-state index in [2.05, 4.69) is 15.3 Å². The van der Waals surface area contributed by atoms with Gasteiger partial charge in [-0.25, -0.2) is 9.38 Å². The van der Waals surface area contributed by atoms with Crippen LogP contribution >= 0.6 is 0 Å². The standard InChI is InChI=1S/C19H20FN5O2.C3H8O.2C2H6/c1-19(2)15(24-18(21)25(3)17(19)27)12-10-11(7-8-13(12)20)23-16(26)14-6-4-5-9-22-14;1-3(2)4;2*1-2/h4-10,15H,1-3H3,(H2,21,24)(H,23,26);3-4H,1-2H3;2*1-2H3. The third kappa shape index (κ3) is 8.75. The summed E-state index contributed by atoms with van der Waals surface area (Å²) < 4.78 is 14.5. The maximum atomic E-state index is 14.5. The molecule has 9 heteroatoms. The van der Waals surface area contributed by atoms with Crippen LogP contribution in [0.25, 0.3) is 0 Å². The maximum absolute atomic E-state index is 14.5. The van der Waals surface area contributed by atoms with E-state index in [9.17, 15) is 14.0 Å². The molecule has 2 amide bonds. The molecule has 0 aliphatic carbocycles. The van der Waals surface area contributed by atoms with Crippen molar-refractivity contribution in [2.45, 2.75) is 67.5 Å². The molecule has 0 saturated carbocycles. The Morgan fingerprint density at radius 2 is 1.74 bits per heavy atom. The van der Waals surface area contributed by atoms with E-state index in [-0.39, 0.29) is 29.2 Å². The number of guanidine groups is 1. The number of halogens is 1. The van der Waals surface area contributed by atoms with Crippen molar-refractivity contribution >= 4 is 23.5 Å². The van der Waals surface area contributed by atoms with Crippen molar-refractivity contribution in [3.05, 3.63) is 59.7 Å². The first kappa shape index (κ1) is 31.7. The van der Waals surface area contributed by atoms with Gasteiger partial charge in [0.15, 0.2) is 5.96 Å². The van der Waals surface area contributed by atoms with E-state index < -0.39 is 23.2 Å². The van der Waals surface area contributed by atoms with Crippen LogP contribution in [0.1, 0.15) is 77.5 Å². The summed E-state index contributed by atoms with van der Waals surface area (Å²) in [5, 5.41) is 10.7. The molecular weight excluding hydrogens is 449 g/mol. The average molecular weight is 490 g/mol. The molecule has 0 bridgehead atoms. The highest BCUT2D eigenvalue weighted by atomic mass is 19.1. The summed E-state index contributed by atoms with van der Waals surface area (Å²) in [6, 6.07) is 8.30. The molecule has 1 aliphatic heterocycles. The number of aliphatic imine (C=N–C) groups is 1. The fourth-order valence-electron chi connectivity index (χ4n) is 3.02. The van der Waals surface area contributed by atoms with Gasteiger partial charge in [0.2, 0.25) is 5.91 Å². The summed E-state index contributed by atoms with van der Waals surface area (Å²) in [5.74, 6) is -1.19. The average Bonchev–Trinajstić information content (AvgIpc) is 2.84. The van der Waals surface area contributed by atoms with Crippen LogP contribution < -0.4 is 11.1 Å². The largest absolute Gasteiger partial charge is 0.394 e. The second-order valence-corrected chi connectivity index (χ2v) is 7.97. The Bertz CT molecular complexity index is 975. The van der Waals surface area contributed by atoms with Crippen molar-refractivity contribution in [1.29, 1.82) is 0 Å². The monoisotopic (exact) mass is 489 g/mol. The molecule has 194 valence electrons. The lowest BCUT2D eigenvalue weighted by atomic mass is 9.78. The first-order valence-electron chi connectivity index (χ1n) is 11.8. The summed E-state index contributed by atoms with van der Waals surface area (Å²) in [7, 11) is 1.53. The van der Waals surface area contributed by atoms with Gasteiger partial charge in [-0.15, -0.1) is 0 Å². The van der Waals surface area contributed by atoms with Crippen molar-refractivity contribution < 1.29 is 19.1 Å². The minimum absolute atomic E-state index is 0.0200. The third-order valence-corrected chi connectivity index (χ3v) is 4.59. The van der Waals surface area contributed by atoms with E-state index in [0.717, 1.165) is 0 Å². The summed E-state index contributed by atoms with van der Waals surface area (Å²) in [6.07, 6.45) is 1.34. The van der Waals surface area contributed by atoms with Gasteiger partial charge in [0, 0.05) is 30.6 Å². The van der Waals surface area contributed by atoms with Crippen molar-refractivity contribution in [3.63, 3.8) is 0 Å². The second kappa shape index (κ2) is 14.8. The molecule has 1 aromatic carbocycles. The highest BCUT2D eigenvalue weighted by molar-refractivity contribution is 6.03. The van der Waals surface area contributed by atoms with Crippen molar-refractivity contribution in [2.24, 2.45) is 16.1 Å². The molecule has 8 nitrogen and oxygen atoms in total. The van der Waals surface area contributed by atoms with Gasteiger partial charge in [0.25, 0.3) is 5.91 Å². The Morgan fingerprint density at radius 1 is 1.17 bits per heavy atom. The number of aromatic nitrogens is 1. The molecule has 0 saturated heterocycles. The molecule has 1 aliphatic rings. The van der Waals surface area contributed by atoms with Crippen LogP contribution in [0.2, 0.25) is 0 Å². The number of benzene rings is 1. The predicted molar refractivity (Wildman–Crippen MR) is 140 cm³/mol. The third-order valence-electron chi connectivity index (χ3n) is 4.59. The number of nitrogens with one attached hydrogen (secondary N) is 1. The Morgan fingerprint density at radius 3 is 2.26 bits per heavy atom. The van der Waals surface area contributed by atoms with E-state index in [1.165, 1.54) is 36.3 Å². The molecule has 35 heavy (non-hydrogen) atoms. The van der Waals surface area contributed by atoms with Crippen LogP contribution in [0.5, 0.6) is 0 Å². The fraction of sp³-hybridized carbons (Fsp3) is 0.462. The highest BCUT2D eigenvalue weighted by Gasteiger charge is 2.45. The van der Waals surface area contributed by atoms with E-state index in [1.54, 1.807) is 45.9 Å². The number of aliphatic hydroxyl groups excluding tert-OH is 1. The van der Waals surface area contributed by atoms with Crippen molar-refractivity contribution in [3.8, 4) is 0 Å². The Hall–Kier alpha value is -3.33. The number of aliphatic hydroxyl groups is 1. The van der Waals surface area contributed by atoms with Crippen LogP contribution in [0, 0.1) is 11.2 Å². The lowest BCUT2D eigenvalue weighted by Gasteiger charge is -2.38. The topological polar surface area (TPSA) is 121 Å². The molecule has 2 aromatic rings. The number of pyridine rings is 1. The number of hydrogen-bond acceptors (Lipinski definition) is 6. The molecular formula is C26H40FN5O3.